The highest BCUT2D eigenvalue weighted by Crippen LogP contribution is 2.44. The lowest BCUT2D eigenvalue weighted by molar-refractivity contribution is 1.63. The molecule has 2 heteroatoms. The average Bonchev–Trinajstić information content (AvgIpc) is 2.73. The van der Waals surface area contributed by atoms with E-state index >= 15 is 0 Å². The molecule has 0 aliphatic heterocycles. The molecular formula is C26H16Br2. The summed E-state index contributed by atoms with van der Waals surface area (Å²) in [6, 6.07) is 34.5. The highest BCUT2D eigenvalue weighted by Gasteiger charge is 2.17. The summed E-state index contributed by atoms with van der Waals surface area (Å²) < 4.78 is 2.18. The van der Waals surface area contributed by atoms with Gasteiger partial charge in [-0.3, -0.25) is 0 Å². The van der Waals surface area contributed by atoms with Crippen molar-refractivity contribution in [1.29, 1.82) is 0 Å². The summed E-state index contributed by atoms with van der Waals surface area (Å²) in [5.74, 6) is 0. The third kappa shape index (κ3) is 2.97. The first-order valence-electron chi connectivity index (χ1n) is 9.18. The normalized spacial score (nSPS) is 11.2. The summed E-state index contributed by atoms with van der Waals surface area (Å²) in [5.41, 5.74) is 5.02. The highest BCUT2D eigenvalue weighted by atomic mass is 79.9. The first kappa shape index (κ1) is 17.7. The van der Waals surface area contributed by atoms with Gasteiger partial charge in [0.1, 0.15) is 0 Å². The molecule has 5 rings (SSSR count). The zero-order valence-electron chi connectivity index (χ0n) is 15.0. The van der Waals surface area contributed by atoms with Gasteiger partial charge in [0.25, 0.3) is 0 Å². The van der Waals surface area contributed by atoms with Crippen molar-refractivity contribution in [3.05, 3.63) is 106 Å². The summed E-state index contributed by atoms with van der Waals surface area (Å²) in [4.78, 5) is 0. The second-order valence-electron chi connectivity index (χ2n) is 6.86. The van der Waals surface area contributed by atoms with Crippen LogP contribution in [0.2, 0.25) is 0 Å². The van der Waals surface area contributed by atoms with E-state index in [0.29, 0.717) is 0 Å². The van der Waals surface area contributed by atoms with Crippen LogP contribution in [0, 0.1) is 0 Å². The van der Waals surface area contributed by atoms with Gasteiger partial charge in [0.15, 0.2) is 0 Å². The number of rotatable bonds is 2. The minimum Gasteiger partial charge on any atom is -0.0622 e. The van der Waals surface area contributed by atoms with Crippen molar-refractivity contribution in [2.45, 2.75) is 0 Å². The third-order valence-corrected chi connectivity index (χ3v) is 6.15. The van der Waals surface area contributed by atoms with Crippen LogP contribution >= 0.6 is 31.9 Å². The zero-order chi connectivity index (χ0) is 19.1. The maximum Gasteiger partial charge on any atom is 0.0181 e. The van der Waals surface area contributed by atoms with Crippen molar-refractivity contribution >= 4 is 53.4 Å². The van der Waals surface area contributed by atoms with E-state index < -0.39 is 0 Å². The SMILES string of the molecule is Brc1ccc2c(-c3ccccc3)c3cc(Br)ccc3c(-c3ccccc3)c2c1. The number of halogens is 2. The molecule has 5 aromatic carbocycles. The van der Waals surface area contributed by atoms with Gasteiger partial charge < -0.3 is 0 Å². The van der Waals surface area contributed by atoms with Gasteiger partial charge in [-0.1, -0.05) is 105 Å². The Labute approximate surface area is 181 Å². The molecule has 134 valence electrons. The van der Waals surface area contributed by atoms with Gasteiger partial charge in [-0.2, -0.15) is 0 Å². The minimum absolute atomic E-state index is 1.09. The molecule has 0 heterocycles. The molecule has 0 amide bonds. The molecule has 0 aromatic heterocycles. The van der Waals surface area contributed by atoms with Gasteiger partial charge in [-0.25, -0.2) is 0 Å². The second kappa shape index (κ2) is 7.20. The molecule has 0 saturated carbocycles. The van der Waals surface area contributed by atoms with E-state index in [0.717, 1.165) is 8.95 Å². The van der Waals surface area contributed by atoms with Gasteiger partial charge in [-0.05, 0) is 68.1 Å². The third-order valence-electron chi connectivity index (χ3n) is 5.17. The summed E-state index contributed by atoms with van der Waals surface area (Å²) in [6.45, 7) is 0. The Hall–Kier alpha value is -2.42. The van der Waals surface area contributed by atoms with Crippen LogP contribution in [0.3, 0.4) is 0 Å². The molecule has 0 bridgehead atoms. The van der Waals surface area contributed by atoms with Crippen molar-refractivity contribution in [2.75, 3.05) is 0 Å². The number of hydrogen-bond acceptors (Lipinski definition) is 0. The van der Waals surface area contributed by atoms with Gasteiger partial charge in [0.05, 0.1) is 0 Å². The average molecular weight is 488 g/mol. The van der Waals surface area contributed by atoms with Gasteiger partial charge in [0.2, 0.25) is 0 Å². The molecule has 0 fully saturated rings. The molecule has 0 saturated heterocycles. The fourth-order valence-corrected chi connectivity index (χ4v) is 4.73. The first-order valence-corrected chi connectivity index (χ1v) is 10.8. The molecule has 5 aromatic rings. The van der Waals surface area contributed by atoms with Gasteiger partial charge >= 0.3 is 0 Å². The Balaban J connectivity index is 2.05. The van der Waals surface area contributed by atoms with Crippen LogP contribution in [0.4, 0.5) is 0 Å². The Bertz CT molecular complexity index is 1200. The van der Waals surface area contributed by atoms with E-state index in [1.807, 2.05) is 0 Å². The topological polar surface area (TPSA) is 0 Å². The lowest BCUT2D eigenvalue weighted by Gasteiger charge is -2.18. The quantitative estimate of drug-likeness (QED) is 0.218. The van der Waals surface area contributed by atoms with Crippen molar-refractivity contribution in [3.63, 3.8) is 0 Å². The van der Waals surface area contributed by atoms with Crippen molar-refractivity contribution in [1.82, 2.24) is 0 Å². The Morgan fingerprint density at radius 1 is 0.393 bits per heavy atom. The summed E-state index contributed by atoms with van der Waals surface area (Å²) in [5, 5.41) is 5.04. The lowest BCUT2D eigenvalue weighted by Crippen LogP contribution is -1.91. The van der Waals surface area contributed by atoms with Crippen molar-refractivity contribution in [3.8, 4) is 22.3 Å². The van der Waals surface area contributed by atoms with Gasteiger partial charge in [-0.15, -0.1) is 0 Å². The fourth-order valence-electron chi connectivity index (χ4n) is 4.00. The molecule has 0 aliphatic carbocycles. The number of hydrogen-bond donors (Lipinski definition) is 0. The van der Waals surface area contributed by atoms with Crippen molar-refractivity contribution in [2.24, 2.45) is 0 Å². The Morgan fingerprint density at radius 3 is 1.18 bits per heavy atom. The number of fused-ring (bicyclic) bond motifs is 2. The largest absolute Gasteiger partial charge is 0.0622 e. The first-order chi connectivity index (χ1) is 13.7. The molecule has 0 atom stereocenters. The van der Waals surface area contributed by atoms with Crippen molar-refractivity contribution < 1.29 is 0 Å². The van der Waals surface area contributed by atoms with Crippen LogP contribution in [0.5, 0.6) is 0 Å². The van der Waals surface area contributed by atoms with E-state index in [1.165, 1.54) is 43.8 Å². The Morgan fingerprint density at radius 2 is 0.786 bits per heavy atom. The standard InChI is InChI=1S/C26H16Br2/c27-19-12-14-22-23(15-19)25(17-7-3-1-4-8-17)21-13-11-20(28)16-24(21)26(22)18-9-5-2-6-10-18/h1-16H. The maximum atomic E-state index is 3.69. The molecule has 0 radical (unpaired) electrons. The van der Waals surface area contributed by atoms with E-state index in [9.17, 15) is 0 Å². The van der Waals surface area contributed by atoms with Crippen LogP contribution in [-0.2, 0) is 0 Å². The molecule has 0 N–H and O–H groups in total. The minimum atomic E-state index is 1.09. The Kier molecular flexibility index (Phi) is 4.54. The second-order valence-corrected chi connectivity index (χ2v) is 8.69. The molecule has 0 unspecified atom stereocenters. The fraction of sp³-hybridized carbons (Fsp3) is 0. The molecule has 0 spiro atoms. The highest BCUT2D eigenvalue weighted by molar-refractivity contribution is 9.10. The van der Waals surface area contributed by atoms with Gasteiger partial charge in [0, 0.05) is 8.95 Å². The van der Waals surface area contributed by atoms with Crippen LogP contribution in [0.25, 0.3) is 43.8 Å². The summed E-state index contributed by atoms with van der Waals surface area (Å²) in [7, 11) is 0. The van der Waals surface area contributed by atoms with Crippen LogP contribution in [-0.4, -0.2) is 0 Å². The van der Waals surface area contributed by atoms with Crippen LogP contribution < -0.4 is 0 Å². The monoisotopic (exact) mass is 486 g/mol. The number of benzene rings is 5. The smallest absolute Gasteiger partial charge is 0.0181 e. The van der Waals surface area contributed by atoms with E-state index in [1.54, 1.807) is 0 Å². The molecule has 28 heavy (non-hydrogen) atoms. The van der Waals surface area contributed by atoms with E-state index in [-0.39, 0.29) is 0 Å². The molecular weight excluding hydrogens is 472 g/mol. The molecule has 0 aliphatic rings. The maximum absolute atomic E-state index is 3.69. The van der Waals surface area contributed by atoms with Crippen LogP contribution in [0.15, 0.2) is 106 Å². The summed E-state index contributed by atoms with van der Waals surface area (Å²) >= 11 is 7.38. The lowest BCUT2D eigenvalue weighted by atomic mass is 9.86. The molecule has 0 nitrogen and oxygen atoms in total. The van der Waals surface area contributed by atoms with E-state index in [4.69, 9.17) is 0 Å². The zero-order valence-corrected chi connectivity index (χ0v) is 18.2. The van der Waals surface area contributed by atoms with E-state index in [2.05, 4.69) is 129 Å². The summed E-state index contributed by atoms with van der Waals surface area (Å²) in [6.07, 6.45) is 0. The van der Waals surface area contributed by atoms with Crippen LogP contribution in [0.1, 0.15) is 0 Å². The predicted molar refractivity (Wildman–Crippen MR) is 128 cm³/mol. The predicted octanol–water partition coefficient (Wildman–Crippen LogP) is 8.85.